The molecule has 1 aromatic carbocycles. The summed E-state index contributed by atoms with van der Waals surface area (Å²) in [6.45, 7) is 2.05. The van der Waals surface area contributed by atoms with Crippen LogP contribution in [-0.2, 0) is 13.0 Å². The van der Waals surface area contributed by atoms with Crippen LogP contribution in [0.25, 0.3) is 0 Å². The van der Waals surface area contributed by atoms with Gasteiger partial charge in [-0.1, -0.05) is 35.9 Å². The zero-order chi connectivity index (χ0) is 15.2. The van der Waals surface area contributed by atoms with Gasteiger partial charge in [-0.3, -0.25) is 0 Å². The predicted octanol–water partition coefficient (Wildman–Crippen LogP) is 2.66. The van der Waals surface area contributed by atoms with Crippen molar-refractivity contribution in [2.45, 2.75) is 24.9 Å². The number of nitrogens with zero attached hydrogens (tertiary/aromatic N) is 3. The Kier molecular flexibility index (Phi) is 5.79. The Morgan fingerprint density at radius 1 is 1.29 bits per heavy atom. The largest absolute Gasteiger partial charge is 0.373 e. The summed E-state index contributed by atoms with van der Waals surface area (Å²) in [5.74, 6) is 1.06. The van der Waals surface area contributed by atoms with Gasteiger partial charge in [-0.05, 0) is 38.2 Å². The molecular formula is C16H22ClN3O. The molecule has 0 aliphatic rings. The number of rotatable bonds is 7. The van der Waals surface area contributed by atoms with E-state index in [2.05, 4.69) is 28.5 Å². The van der Waals surface area contributed by atoms with Gasteiger partial charge in [-0.15, -0.1) is 0 Å². The fraction of sp³-hybridized carbons (Fsp3) is 0.438. The van der Waals surface area contributed by atoms with Gasteiger partial charge in [0.15, 0.2) is 5.56 Å². The second-order valence-corrected chi connectivity index (χ2v) is 5.86. The van der Waals surface area contributed by atoms with E-state index in [1.165, 1.54) is 0 Å². The first-order valence-corrected chi connectivity index (χ1v) is 7.55. The van der Waals surface area contributed by atoms with Crippen LogP contribution < -0.4 is 0 Å². The fourth-order valence-electron chi connectivity index (χ4n) is 2.24. The number of aromatic nitrogens is 2. The summed E-state index contributed by atoms with van der Waals surface area (Å²) in [5, 5.41) is 9.30. The van der Waals surface area contributed by atoms with Gasteiger partial charge < -0.3 is 14.6 Å². The summed E-state index contributed by atoms with van der Waals surface area (Å²) < 4.78 is 2.20. The van der Waals surface area contributed by atoms with Crippen LogP contribution in [0.1, 0.15) is 28.9 Å². The monoisotopic (exact) mass is 307 g/mol. The first-order valence-electron chi connectivity index (χ1n) is 7.12. The van der Waals surface area contributed by atoms with E-state index >= 15 is 0 Å². The van der Waals surface area contributed by atoms with Crippen molar-refractivity contribution in [1.29, 1.82) is 0 Å². The van der Waals surface area contributed by atoms with Gasteiger partial charge in [0.05, 0.1) is 0 Å². The molecule has 1 atom stereocenters. The molecule has 0 bridgehead atoms. The maximum Gasteiger partial charge on any atom is 0.153 e. The van der Waals surface area contributed by atoms with Crippen LogP contribution in [0.5, 0.6) is 0 Å². The third-order valence-electron chi connectivity index (χ3n) is 3.42. The van der Waals surface area contributed by atoms with Gasteiger partial charge in [-0.2, -0.15) is 0 Å². The van der Waals surface area contributed by atoms with Crippen molar-refractivity contribution in [1.82, 2.24) is 14.5 Å². The highest BCUT2D eigenvalue weighted by Crippen LogP contribution is 2.18. The number of benzene rings is 1. The number of aliphatic hydroxyl groups excluding tert-OH is 1. The molecule has 1 heterocycles. The molecule has 0 aliphatic heterocycles. The van der Waals surface area contributed by atoms with E-state index in [0.29, 0.717) is 0 Å². The Balaban J connectivity index is 1.98. The number of hydrogen-bond acceptors (Lipinski definition) is 3. The zero-order valence-electron chi connectivity index (χ0n) is 12.5. The van der Waals surface area contributed by atoms with E-state index in [1.54, 1.807) is 0 Å². The van der Waals surface area contributed by atoms with Crippen LogP contribution in [0.15, 0.2) is 36.7 Å². The SMILES string of the molecule is CN(C)CCCn1ccnc1Cc1ccc(C(O)Cl)cc1. The van der Waals surface area contributed by atoms with E-state index in [0.717, 1.165) is 42.9 Å². The normalized spacial score (nSPS) is 12.8. The first-order chi connectivity index (χ1) is 10.1. The van der Waals surface area contributed by atoms with Crippen LogP contribution in [-0.4, -0.2) is 40.2 Å². The summed E-state index contributed by atoms with van der Waals surface area (Å²) in [7, 11) is 4.17. The highest BCUT2D eigenvalue weighted by molar-refractivity contribution is 6.19. The summed E-state index contributed by atoms with van der Waals surface area (Å²) in [6.07, 6.45) is 5.77. The summed E-state index contributed by atoms with van der Waals surface area (Å²) >= 11 is 5.64. The minimum Gasteiger partial charge on any atom is -0.373 e. The van der Waals surface area contributed by atoms with Crippen LogP contribution in [0.3, 0.4) is 0 Å². The summed E-state index contributed by atoms with van der Waals surface area (Å²) in [4.78, 5) is 6.63. The number of hydrogen-bond donors (Lipinski definition) is 1. The van der Waals surface area contributed by atoms with E-state index in [9.17, 15) is 5.11 Å². The number of halogens is 1. The second-order valence-electron chi connectivity index (χ2n) is 5.45. The molecule has 0 aliphatic carbocycles. The van der Waals surface area contributed by atoms with Crippen molar-refractivity contribution in [2.75, 3.05) is 20.6 Å². The van der Waals surface area contributed by atoms with E-state index in [1.807, 2.05) is 36.7 Å². The molecule has 1 unspecified atom stereocenters. The molecule has 1 aromatic heterocycles. The van der Waals surface area contributed by atoms with Crippen molar-refractivity contribution in [3.63, 3.8) is 0 Å². The molecule has 0 fully saturated rings. The molecule has 0 spiro atoms. The van der Waals surface area contributed by atoms with Crippen molar-refractivity contribution in [3.05, 3.63) is 53.6 Å². The number of aryl methyl sites for hydroxylation is 1. The van der Waals surface area contributed by atoms with E-state index in [4.69, 9.17) is 11.6 Å². The van der Waals surface area contributed by atoms with Gasteiger partial charge in [-0.25, -0.2) is 4.98 Å². The lowest BCUT2D eigenvalue weighted by Gasteiger charge is -2.11. The Hall–Kier alpha value is -1.36. The zero-order valence-corrected chi connectivity index (χ0v) is 13.3. The topological polar surface area (TPSA) is 41.3 Å². The van der Waals surface area contributed by atoms with Crippen molar-refractivity contribution in [3.8, 4) is 0 Å². The smallest absolute Gasteiger partial charge is 0.153 e. The average Bonchev–Trinajstić information content (AvgIpc) is 2.86. The van der Waals surface area contributed by atoms with E-state index < -0.39 is 5.56 Å². The maximum absolute atomic E-state index is 9.30. The first kappa shape index (κ1) is 16.0. The summed E-state index contributed by atoms with van der Waals surface area (Å²) in [5.41, 5.74) is 0.943. The molecule has 114 valence electrons. The lowest BCUT2D eigenvalue weighted by molar-refractivity contribution is 0.263. The fourth-order valence-corrected chi connectivity index (χ4v) is 2.39. The van der Waals surface area contributed by atoms with Gasteiger partial charge in [0.2, 0.25) is 0 Å². The van der Waals surface area contributed by atoms with Crippen molar-refractivity contribution in [2.24, 2.45) is 0 Å². The molecule has 4 nitrogen and oxygen atoms in total. The highest BCUT2D eigenvalue weighted by Gasteiger charge is 2.06. The standard InChI is InChI=1S/C16H22ClN3O/c1-19(2)9-3-10-20-11-8-18-15(20)12-13-4-6-14(7-5-13)16(17)21/h4-8,11,16,21H,3,9-10,12H2,1-2H3. The van der Waals surface area contributed by atoms with Crippen LogP contribution in [0.2, 0.25) is 0 Å². The predicted molar refractivity (Wildman–Crippen MR) is 85.5 cm³/mol. The molecule has 21 heavy (non-hydrogen) atoms. The molecule has 1 N–H and O–H groups in total. The van der Waals surface area contributed by atoms with Crippen LogP contribution >= 0.6 is 11.6 Å². The molecule has 2 rings (SSSR count). The molecule has 0 saturated heterocycles. The lowest BCUT2D eigenvalue weighted by Crippen LogP contribution is -2.15. The van der Waals surface area contributed by atoms with Crippen molar-refractivity contribution < 1.29 is 5.11 Å². The number of alkyl halides is 1. The van der Waals surface area contributed by atoms with Gasteiger partial charge in [0.25, 0.3) is 0 Å². The van der Waals surface area contributed by atoms with Gasteiger partial charge >= 0.3 is 0 Å². The molecule has 2 aromatic rings. The van der Waals surface area contributed by atoms with Crippen LogP contribution in [0.4, 0.5) is 0 Å². The minimum absolute atomic E-state index is 0.717. The average molecular weight is 308 g/mol. The highest BCUT2D eigenvalue weighted by atomic mass is 35.5. The maximum atomic E-state index is 9.30. The Bertz CT molecular complexity index is 549. The molecule has 0 saturated carbocycles. The number of imidazole rings is 1. The second kappa shape index (κ2) is 7.59. The van der Waals surface area contributed by atoms with Gasteiger partial charge in [0.1, 0.15) is 5.82 Å². The molecule has 5 heteroatoms. The van der Waals surface area contributed by atoms with Crippen LogP contribution in [0, 0.1) is 0 Å². The van der Waals surface area contributed by atoms with E-state index in [-0.39, 0.29) is 0 Å². The third-order valence-corrected chi connectivity index (χ3v) is 3.68. The Morgan fingerprint density at radius 2 is 2.00 bits per heavy atom. The quantitative estimate of drug-likeness (QED) is 0.800. The minimum atomic E-state index is -0.938. The Labute approximate surface area is 131 Å². The summed E-state index contributed by atoms with van der Waals surface area (Å²) in [6, 6.07) is 7.68. The molecule has 0 radical (unpaired) electrons. The van der Waals surface area contributed by atoms with Gasteiger partial charge in [0, 0.05) is 25.4 Å². The molecular weight excluding hydrogens is 286 g/mol. The lowest BCUT2D eigenvalue weighted by atomic mass is 10.1. The number of aliphatic hydroxyl groups is 1. The molecule has 0 amide bonds. The third kappa shape index (κ3) is 4.84. The van der Waals surface area contributed by atoms with Crippen molar-refractivity contribution >= 4 is 11.6 Å². The Morgan fingerprint density at radius 3 is 2.62 bits per heavy atom.